The van der Waals surface area contributed by atoms with E-state index in [0.717, 1.165) is 14.2 Å². The molecule has 0 saturated heterocycles. The van der Waals surface area contributed by atoms with Crippen LogP contribution in [0.25, 0.3) is 17.5 Å². The van der Waals surface area contributed by atoms with E-state index in [1.54, 1.807) is 6.08 Å². The first-order chi connectivity index (χ1) is 11.2. The van der Waals surface area contributed by atoms with Crippen molar-refractivity contribution < 1.29 is 13.9 Å². The van der Waals surface area contributed by atoms with Gasteiger partial charge in [-0.15, -0.1) is 21.5 Å². The molecule has 0 atom stereocenters. The average Bonchev–Trinajstić information content (AvgIpc) is 3.21. The minimum atomic E-state index is -0.464. The minimum absolute atomic E-state index is 0.0584. The molecule has 2 heterocycles. The Morgan fingerprint density at radius 3 is 2.78 bits per heavy atom. The van der Waals surface area contributed by atoms with E-state index >= 15 is 0 Å². The molecule has 0 fully saturated rings. The molecule has 23 heavy (non-hydrogen) atoms. The molecule has 0 spiro atoms. The van der Waals surface area contributed by atoms with Crippen molar-refractivity contribution in [3.8, 4) is 11.5 Å². The van der Waals surface area contributed by atoms with Gasteiger partial charge in [0.15, 0.2) is 6.61 Å². The molecule has 3 rings (SSSR count). The summed E-state index contributed by atoms with van der Waals surface area (Å²) in [5, 5.41) is 7.80. The van der Waals surface area contributed by atoms with E-state index in [9.17, 15) is 4.79 Å². The zero-order valence-corrected chi connectivity index (χ0v) is 14.2. The number of hydrogen-bond donors (Lipinski definition) is 0. The van der Waals surface area contributed by atoms with Crippen LogP contribution in [0.2, 0.25) is 0 Å². The maximum Gasteiger partial charge on any atom is 0.331 e. The van der Waals surface area contributed by atoms with Crippen molar-refractivity contribution in [1.29, 1.82) is 0 Å². The smallest absolute Gasteiger partial charge is 0.331 e. The predicted molar refractivity (Wildman–Crippen MR) is 90.6 cm³/mol. The molecule has 0 saturated carbocycles. The zero-order chi connectivity index (χ0) is 16.1. The molecule has 5 nitrogen and oxygen atoms in total. The predicted octanol–water partition coefficient (Wildman–Crippen LogP) is 4.32. The second-order valence-electron chi connectivity index (χ2n) is 4.45. The first-order valence-corrected chi connectivity index (χ1v) is 8.29. The summed E-state index contributed by atoms with van der Waals surface area (Å²) in [6.07, 6.45) is 3.06. The highest BCUT2D eigenvalue weighted by Gasteiger charge is 2.09. The van der Waals surface area contributed by atoms with Crippen LogP contribution in [0.1, 0.15) is 10.8 Å². The fourth-order valence-corrected chi connectivity index (χ4v) is 3.08. The summed E-state index contributed by atoms with van der Waals surface area (Å²) in [6.45, 7) is -0.0584. The van der Waals surface area contributed by atoms with Crippen LogP contribution in [0, 0.1) is 0 Å². The highest BCUT2D eigenvalue weighted by atomic mass is 79.9. The zero-order valence-electron chi connectivity index (χ0n) is 11.8. The lowest BCUT2D eigenvalue weighted by atomic mass is 10.2. The van der Waals surface area contributed by atoms with Gasteiger partial charge in [0.1, 0.15) is 0 Å². The summed E-state index contributed by atoms with van der Waals surface area (Å²) in [6, 6.07) is 13.2. The largest absolute Gasteiger partial charge is 0.452 e. The Morgan fingerprint density at radius 2 is 2.04 bits per heavy atom. The molecule has 0 radical (unpaired) electrons. The van der Waals surface area contributed by atoms with Crippen LogP contribution >= 0.6 is 27.3 Å². The van der Waals surface area contributed by atoms with Crippen LogP contribution < -0.4 is 0 Å². The molecule has 0 aliphatic rings. The number of rotatable bonds is 5. The van der Waals surface area contributed by atoms with Crippen molar-refractivity contribution in [3.63, 3.8) is 0 Å². The molecule has 1 aromatic carbocycles. The second-order valence-corrected chi connectivity index (χ2v) is 6.94. The standard InChI is InChI=1S/C16H11BrN2O3S/c17-13-8-6-12(23-13)7-9-15(20)21-10-14-18-19-16(22-14)11-4-2-1-3-5-11/h1-9H,10H2/b9-7+. The van der Waals surface area contributed by atoms with E-state index in [-0.39, 0.29) is 12.5 Å². The quantitative estimate of drug-likeness (QED) is 0.479. The van der Waals surface area contributed by atoms with Crippen molar-refractivity contribution in [1.82, 2.24) is 10.2 Å². The maximum atomic E-state index is 11.7. The molecule has 2 aromatic heterocycles. The first-order valence-electron chi connectivity index (χ1n) is 6.69. The molecule has 7 heteroatoms. The van der Waals surface area contributed by atoms with Gasteiger partial charge in [-0.1, -0.05) is 18.2 Å². The number of esters is 1. The Kier molecular flexibility index (Phi) is 4.99. The van der Waals surface area contributed by atoms with E-state index in [0.29, 0.717) is 5.89 Å². The average molecular weight is 391 g/mol. The SMILES string of the molecule is O=C(/C=C/c1ccc(Br)s1)OCc1nnc(-c2ccccc2)o1. The highest BCUT2D eigenvalue weighted by Crippen LogP contribution is 2.23. The van der Waals surface area contributed by atoms with E-state index in [1.165, 1.54) is 17.4 Å². The lowest BCUT2D eigenvalue weighted by Gasteiger charge is -1.96. The topological polar surface area (TPSA) is 65.2 Å². The first kappa shape index (κ1) is 15.6. The van der Waals surface area contributed by atoms with Gasteiger partial charge in [0.05, 0.1) is 3.79 Å². The summed E-state index contributed by atoms with van der Waals surface area (Å²) >= 11 is 4.89. The van der Waals surface area contributed by atoms with Gasteiger partial charge in [-0.2, -0.15) is 0 Å². The van der Waals surface area contributed by atoms with Gasteiger partial charge in [0.2, 0.25) is 5.89 Å². The number of ether oxygens (including phenoxy) is 1. The second kappa shape index (κ2) is 7.34. The van der Waals surface area contributed by atoms with Crippen molar-refractivity contribution in [2.24, 2.45) is 0 Å². The van der Waals surface area contributed by atoms with Gasteiger partial charge in [0, 0.05) is 16.5 Å². The third-order valence-corrected chi connectivity index (χ3v) is 4.39. The van der Waals surface area contributed by atoms with E-state index in [2.05, 4.69) is 26.1 Å². The number of benzene rings is 1. The summed E-state index contributed by atoms with van der Waals surface area (Å²) < 4.78 is 11.5. The summed E-state index contributed by atoms with van der Waals surface area (Å²) in [5.74, 6) is 0.189. The molecule has 0 unspecified atom stereocenters. The molecule has 0 aliphatic heterocycles. The maximum absolute atomic E-state index is 11.7. The lowest BCUT2D eigenvalue weighted by Crippen LogP contribution is -2.00. The molecular weight excluding hydrogens is 380 g/mol. The number of nitrogens with zero attached hydrogens (tertiary/aromatic N) is 2. The normalized spacial score (nSPS) is 11.0. The Balaban J connectivity index is 1.55. The number of aromatic nitrogens is 2. The van der Waals surface area contributed by atoms with Gasteiger partial charge in [-0.05, 0) is 46.3 Å². The van der Waals surface area contributed by atoms with Crippen LogP contribution in [0.15, 0.2) is 56.7 Å². The van der Waals surface area contributed by atoms with Crippen LogP contribution in [0.4, 0.5) is 0 Å². The lowest BCUT2D eigenvalue weighted by molar-refractivity contribution is -0.139. The van der Waals surface area contributed by atoms with Crippen LogP contribution in [0.3, 0.4) is 0 Å². The van der Waals surface area contributed by atoms with Crippen molar-refractivity contribution in [3.05, 3.63) is 63.1 Å². The number of carbonyl (C=O) groups excluding carboxylic acids is 1. The molecule has 0 aliphatic carbocycles. The third-order valence-electron chi connectivity index (χ3n) is 2.80. The Labute approximate surface area is 144 Å². The van der Waals surface area contributed by atoms with Crippen LogP contribution in [0.5, 0.6) is 0 Å². The van der Waals surface area contributed by atoms with E-state index in [4.69, 9.17) is 9.15 Å². The molecule has 0 amide bonds. The minimum Gasteiger partial charge on any atom is -0.452 e. The van der Waals surface area contributed by atoms with Crippen molar-refractivity contribution in [2.75, 3.05) is 0 Å². The number of halogens is 1. The Bertz CT molecular complexity index is 827. The summed E-state index contributed by atoms with van der Waals surface area (Å²) in [4.78, 5) is 12.6. The number of hydrogen-bond acceptors (Lipinski definition) is 6. The Morgan fingerprint density at radius 1 is 1.22 bits per heavy atom. The fraction of sp³-hybridized carbons (Fsp3) is 0.0625. The van der Waals surface area contributed by atoms with E-state index < -0.39 is 5.97 Å². The van der Waals surface area contributed by atoms with Gasteiger partial charge in [-0.3, -0.25) is 0 Å². The number of carbonyl (C=O) groups is 1. The van der Waals surface area contributed by atoms with Crippen molar-refractivity contribution in [2.45, 2.75) is 6.61 Å². The van der Waals surface area contributed by atoms with Crippen LogP contribution in [-0.4, -0.2) is 16.2 Å². The molecule has 0 N–H and O–H groups in total. The summed E-state index contributed by atoms with van der Waals surface area (Å²) in [7, 11) is 0. The molecular formula is C16H11BrN2O3S. The highest BCUT2D eigenvalue weighted by molar-refractivity contribution is 9.11. The van der Waals surface area contributed by atoms with Gasteiger partial charge >= 0.3 is 5.97 Å². The van der Waals surface area contributed by atoms with Gasteiger partial charge in [0.25, 0.3) is 5.89 Å². The van der Waals surface area contributed by atoms with Crippen LogP contribution in [-0.2, 0) is 16.1 Å². The third kappa shape index (κ3) is 4.37. The fourth-order valence-electron chi connectivity index (χ4n) is 1.76. The molecule has 0 bridgehead atoms. The molecule has 116 valence electrons. The summed E-state index contributed by atoms with van der Waals surface area (Å²) in [5.41, 5.74) is 0.820. The number of thiophene rings is 1. The monoisotopic (exact) mass is 390 g/mol. The Hall–Kier alpha value is -2.25. The van der Waals surface area contributed by atoms with Gasteiger partial charge < -0.3 is 9.15 Å². The van der Waals surface area contributed by atoms with Crippen molar-refractivity contribution >= 4 is 39.3 Å². The van der Waals surface area contributed by atoms with Gasteiger partial charge in [-0.25, -0.2) is 4.79 Å². The molecule has 3 aromatic rings. The van der Waals surface area contributed by atoms with E-state index in [1.807, 2.05) is 42.5 Å².